The number of anilines is 1. The van der Waals surface area contributed by atoms with Crippen molar-refractivity contribution in [2.75, 3.05) is 18.4 Å². The van der Waals surface area contributed by atoms with Gasteiger partial charge in [0.2, 0.25) is 15.9 Å². The molecule has 0 spiro atoms. The molecular formula is C23H25F3N2O3S. The molecule has 0 radical (unpaired) electrons. The predicted octanol–water partition coefficient (Wildman–Crippen LogP) is 4.62. The van der Waals surface area contributed by atoms with Gasteiger partial charge in [0.15, 0.2) is 0 Å². The molecule has 1 amide bonds. The number of carbonyl (C=O) groups excluding carboxylic acids is 1. The molecule has 2 aromatic rings. The molecular weight excluding hydrogens is 441 g/mol. The molecule has 9 heteroatoms. The number of rotatable bonds is 4. The van der Waals surface area contributed by atoms with Gasteiger partial charge < -0.3 is 5.32 Å². The molecule has 0 bridgehead atoms. The Kier molecular flexibility index (Phi) is 6.31. The van der Waals surface area contributed by atoms with Crippen molar-refractivity contribution in [1.82, 2.24) is 4.31 Å². The summed E-state index contributed by atoms with van der Waals surface area (Å²) in [7, 11) is -4.31. The number of fused-ring (bicyclic) bond motifs is 1. The summed E-state index contributed by atoms with van der Waals surface area (Å²) in [6.45, 7) is -0.000976. The van der Waals surface area contributed by atoms with Crippen LogP contribution in [0.5, 0.6) is 0 Å². The summed E-state index contributed by atoms with van der Waals surface area (Å²) in [5.74, 6) is -0.560. The molecule has 1 heterocycles. The Balaban J connectivity index is 1.44. The van der Waals surface area contributed by atoms with Gasteiger partial charge in [0.05, 0.1) is 10.5 Å². The quantitative estimate of drug-likeness (QED) is 0.715. The van der Waals surface area contributed by atoms with Crippen LogP contribution in [0.15, 0.2) is 47.4 Å². The number of hydrogen-bond acceptors (Lipinski definition) is 3. The fraction of sp³-hybridized carbons (Fsp3) is 0.435. The number of piperidine rings is 1. The standard InChI is InChI=1S/C23H25F3N2O3S/c24-23(25,26)19-9-3-4-11-21(19)32(30,31)28-14-12-17(13-15-28)22(29)27-20-10-5-7-16-6-1-2-8-18(16)20/h3-5,7,9-11,17H,1-2,6,8,12-15H2,(H,27,29). The molecule has 0 saturated carbocycles. The van der Waals surface area contributed by atoms with Gasteiger partial charge in [-0.2, -0.15) is 17.5 Å². The van der Waals surface area contributed by atoms with Gasteiger partial charge in [0, 0.05) is 24.7 Å². The minimum absolute atomic E-state index is 0.000488. The maximum absolute atomic E-state index is 13.3. The van der Waals surface area contributed by atoms with Crippen molar-refractivity contribution in [3.8, 4) is 0 Å². The molecule has 4 rings (SSSR count). The lowest BCUT2D eigenvalue weighted by atomic mass is 9.90. The monoisotopic (exact) mass is 466 g/mol. The Bertz CT molecular complexity index is 1110. The Morgan fingerprint density at radius 1 is 0.969 bits per heavy atom. The zero-order chi connectivity index (χ0) is 22.9. The fourth-order valence-corrected chi connectivity index (χ4v) is 6.24. The van der Waals surface area contributed by atoms with Crippen LogP contribution in [0.3, 0.4) is 0 Å². The summed E-state index contributed by atoms with van der Waals surface area (Å²) in [5.41, 5.74) is 2.05. The van der Waals surface area contributed by atoms with Gasteiger partial charge in [-0.05, 0) is 67.9 Å². The Morgan fingerprint density at radius 2 is 1.66 bits per heavy atom. The number of alkyl halides is 3. The highest BCUT2D eigenvalue weighted by atomic mass is 32.2. The number of sulfonamides is 1. The third-order valence-electron chi connectivity index (χ3n) is 6.29. The maximum atomic E-state index is 13.3. The van der Waals surface area contributed by atoms with Crippen molar-refractivity contribution in [1.29, 1.82) is 0 Å². The highest BCUT2D eigenvalue weighted by Gasteiger charge is 2.40. The number of nitrogens with zero attached hydrogens (tertiary/aromatic N) is 1. The van der Waals surface area contributed by atoms with E-state index in [4.69, 9.17) is 0 Å². The van der Waals surface area contributed by atoms with E-state index in [0.717, 1.165) is 53.4 Å². The fourth-order valence-electron chi connectivity index (χ4n) is 4.56. The summed E-state index contributed by atoms with van der Waals surface area (Å²) in [6, 6.07) is 10.1. The molecule has 32 heavy (non-hydrogen) atoms. The molecule has 5 nitrogen and oxygen atoms in total. The van der Waals surface area contributed by atoms with E-state index in [1.807, 2.05) is 12.1 Å². The Labute approximate surface area is 185 Å². The molecule has 2 aromatic carbocycles. The number of aryl methyl sites for hydroxylation is 1. The number of nitrogens with one attached hydrogen (secondary N) is 1. The molecule has 0 aromatic heterocycles. The van der Waals surface area contributed by atoms with E-state index >= 15 is 0 Å². The third kappa shape index (κ3) is 4.54. The summed E-state index contributed by atoms with van der Waals surface area (Å²) < 4.78 is 66.8. The number of amides is 1. The van der Waals surface area contributed by atoms with Crippen molar-refractivity contribution in [3.63, 3.8) is 0 Å². The smallest absolute Gasteiger partial charge is 0.326 e. The van der Waals surface area contributed by atoms with Crippen LogP contribution in [-0.2, 0) is 33.8 Å². The van der Waals surface area contributed by atoms with Crippen LogP contribution in [0.1, 0.15) is 42.4 Å². The number of carbonyl (C=O) groups is 1. The zero-order valence-corrected chi connectivity index (χ0v) is 18.3. The third-order valence-corrected chi connectivity index (χ3v) is 8.25. The number of hydrogen-bond donors (Lipinski definition) is 1. The van der Waals surface area contributed by atoms with Crippen molar-refractivity contribution < 1.29 is 26.4 Å². The molecule has 0 atom stereocenters. The summed E-state index contributed by atoms with van der Waals surface area (Å²) in [5, 5.41) is 3.00. The molecule has 1 aliphatic heterocycles. The average molecular weight is 467 g/mol. The van der Waals surface area contributed by atoms with Crippen LogP contribution in [0.2, 0.25) is 0 Å². The van der Waals surface area contributed by atoms with Crippen molar-refractivity contribution in [2.45, 2.75) is 49.6 Å². The highest BCUT2D eigenvalue weighted by molar-refractivity contribution is 7.89. The molecule has 2 aliphatic rings. The topological polar surface area (TPSA) is 66.5 Å². The van der Waals surface area contributed by atoms with Gasteiger partial charge in [-0.15, -0.1) is 0 Å². The molecule has 1 N–H and O–H groups in total. The van der Waals surface area contributed by atoms with E-state index in [2.05, 4.69) is 11.4 Å². The first kappa shape index (κ1) is 22.8. The van der Waals surface area contributed by atoms with Gasteiger partial charge in [-0.25, -0.2) is 8.42 Å². The van der Waals surface area contributed by atoms with Gasteiger partial charge in [-0.1, -0.05) is 24.3 Å². The van der Waals surface area contributed by atoms with Crippen LogP contribution in [0, 0.1) is 5.92 Å². The highest BCUT2D eigenvalue weighted by Crippen LogP contribution is 2.36. The minimum atomic E-state index is -4.77. The van der Waals surface area contributed by atoms with Crippen LogP contribution in [-0.4, -0.2) is 31.7 Å². The second-order valence-corrected chi connectivity index (χ2v) is 10.2. The van der Waals surface area contributed by atoms with Gasteiger partial charge in [0.1, 0.15) is 0 Å². The molecule has 0 unspecified atom stereocenters. The largest absolute Gasteiger partial charge is 0.417 e. The van der Waals surface area contributed by atoms with Crippen LogP contribution in [0.4, 0.5) is 18.9 Å². The van der Waals surface area contributed by atoms with E-state index in [-0.39, 0.29) is 31.8 Å². The second-order valence-electron chi connectivity index (χ2n) is 8.31. The summed E-state index contributed by atoms with van der Waals surface area (Å²) in [4.78, 5) is 12.1. The SMILES string of the molecule is O=C(Nc1cccc2c1CCCC2)C1CCN(S(=O)(=O)c2ccccc2C(F)(F)F)CC1. The molecule has 1 aliphatic carbocycles. The van der Waals surface area contributed by atoms with Gasteiger partial charge in [0.25, 0.3) is 0 Å². The summed E-state index contributed by atoms with van der Waals surface area (Å²) >= 11 is 0. The predicted molar refractivity (Wildman–Crippen MR) is 115 cm³/mol. The van der Waals surface area contributed by atoms with E-state index in [9.17, 15) is 26.4 Å². The van der Waals surface area contributed by atoms with Crippen LogP contribution >= 0.6 is 0 Å². The first-order valence-electron chi connectivity index (χ1n) is 10.8. The van der Waals surface area contributed by atoms with Gasteiger partial charge >= 0.3 is 6.18 Å². The lowest BCUT2D eigenvalue weighted by Gasteiger charge is -2.31. The van der Waals surface area contributed by atoms with E-state index < -0.39 is 32.6 Å². The van der Waals surface area contributed by atoms with Crippen LogP contribution in [0.25, 0.3) is 0 Å². The first-order valence-corrected chi connectivity index (χ1v) is 12.2. The lowest BCUT2D eigenvalue weighted by molar-refractivity contribution is -0.139. The Hall–Kier alpha value is -2.39. The van der Waals surface area contributed by atoms with Crippen LogP contribution < -0.4 is 5.32 Å². The van der Waals surface area contributed by atoms with E-state index in [1.165, 1.54) is 17.7 Å². The van der Waals surface area contributed by atoms with E-state index in [1.54, 1.807) is 0 Å². The number of benzene rings is 2. The lowest BCUT2D eigenvalue weighted by Crippen LogP contribution is -2.42. The van der Waals surface area contributed by atoms with Crippen molar-refractivity contribution in [3.05, 3.63) is 59.2 Å². The van der Waals surface area contributed by atoms with Gasteiger partial charge in [-0.3, -0.25) is 4.79 Å². The first-order chi connectivity index (χ1) is 15.2. The zero-order valence-electron chi connectivity index (χ0n) is 17.5. The summed E-state index contributed by atoms with van der Waals surface area (Å²) in [6.07, 6.45) is -0.126. The minimum Gasteiger partial charge on any atom is -0.326 e. The molecule has 172 valence electrons. The van der Waals surface area contributed by atoms with Crippen molar-refractivity contribution >= 4 is 21.6 Å². The second kappa shape index (κ2) is 8.86. The number of halogens is 3. The average Bonchev–Trinajstić information content (AvgIpc) is 2.79. The van der Waals surface area contributed by atoms with E-state index in [0.29, 0.717) is 0 Å². The maximum Gasteiger partial charge on any atom is 0.417 e. The normalized spacial score (nSPS) is 18.2. The molecule has 1 saturated heterocycles. The molecule has 1 fully saturated rings. The van der Waals surface area contributed by atoms with Crippen molar-refractivity contribution in [2.24, 2.45) is 5.92 Å². The Morgan fingerprint density at radius 3 is 2.38 bits per heavy atom.